The van der Waals surface area contributed by atoms with Gasteiger partial charge < -0.3 is 0 Å². The molecule has 3 heteroatoms. The van der Waals surface area contributed by atoms with Gasteiger partial charge in [0, 0.05) is 28.4 Å². The normalized spacial score (nSPS) is 11.2. The molecule has 2 aromatic carbocycles. The number of halogens is 1. The molecule has 0 unspecified atom stereocenters. The van der Waals surface area contributed by atoms with Gasteiger partial charge in [-0.3, -0.25) is 9.98 Å². The average Bonchev–Trinajstić information content (AvgIpc) is 2.47. The third-order valence-corrected chi connectivity index (χ3v) is 3.10. The molecule has 0 radical (unpaired) electrons. The second-order valence-corrected chi connectivity index (χ2v) is 4.59. The summed E-state index contributed by atoms with van der Waals surface area (Å²) in [6.45, 7) is 0. The van der Waals surface area contributed by atoms with E-state index in [1.54, 1.807) is 6.20 Å². The molecule has 0 amide bonds. The van der Waals surface area contributed by atoms with E-state index in [1.165, 1.54) is 0 Å². The van der Waals surface area contributed by atoms with Crippen LogP contribution in [0.25, 0.3) is 10.9 Å². The van der Waals surface area contributed by atoms with E-state index < -0.39 is 0 Å². The molecule has 3 rings (SSSR count). The highest BCUT2D eigenvalue weighted by atomic mass is 35.5. The van der Waals surface area contributed by atoms with Gasteiger partial charge in [-0.05, 0) is 30.3 Å². The molecular weight excluding hydrogens is 256 g/mol. The van der Waals surface area contributed by atoms with Gasteiger partial charge in [-0.2, -0.15) is 0 Å². The van der Waals surface area contributed by atoms with Crippen LogP contribution in [0.15, 0.2) is 65.8 Å². The molecule has 2 nitrogen and oxygen atoms in total. The Kier molecular flexibility index (Phi) is 3.25. The van der Waals surface area contributed by atoms with Crippen molar-refractivity contribution in [2.45, 2.75) is 0 Å². The lowest BCUT2D eigenvalue weighted by atomic mass is 10.1. The number of hydrogen-bond donors (Lipinski definition) is 0. The molecular formula is C16H11ClN2. The molecule has 1 heterocycles. The fourth-order valence-corrected chi connectivity index (χ4v) is 2.03. The van der Waals surface area contributed by atoms with E-state index in [4.69, 9.17) is 11.6 Å². The van der Waals surface area contributed by atoms with Crippen LogP contribution in [0.5, 0.6) is 0 Å². The van der Waals surface area contributed by atoms with E-state index in [9.17, 15) is 0 Å². The molecule has 0 N–H and O–H groups in total. The molecule has 0 aliphatic carbocycles. The molecule has 3 aromatic rings. The van der Waals surface area contributed by atoms with Crippen molar-refractivity contribution < 1.29 is 0 Å². The van der Waals surface area contributed by atoms with Gasteiger partial charge in [0.05, 0.1) is 11.2 Å². The third-order valence-electron chi connectivity index (χ3n) is 2.84. The van der Waals surface area contributed by atoms with E-state index in [0.29, 0.717) is 5.02 Å². The fraction of sp³-hybridized carbons (Fsp3) is 0. The Morgan fingerprint density at radius 3 is 2.58 bits per heavy atom. The molecule has 0 fully saturated rings. The first-order valence-electron chi connectivity index (χ1n) is 5.96. The zero-order valence-corrected chi connectivity index (χ0v) is 10.9. The van der Waals surface area contributed by atoms with Crippen LogP contribution in [0.2, 0.25) is 5.02 Å². The number of pyridine rings is 1. The molecule has 0 spiro atoms. The van der Waals surface area contributed by atoms with Gasteiger partial charge in [0.15, 0.2) is 0 Å². The summed E-state index contributed by atoms with van der Waals surface area (Å²) in [5.41, 5.74) is 2.84. The van der Waals surface area contributed by atoms with Crippen LogP contribution in [0.3, 0.4) is 0 Å². The van der Waals surface area contributed by atoms with E-state index in [1.807, 2.05) is 60.8 Å². The first-order valence-corrected chi connectivity index (χ1v) is 6.34. The van der Waals surface area contributed by atoms with Crippen molar-refractivity contribution in [1.29, 1.82) is 0 Å². The first kappa shape index (κ1) is 11.9. The predicted molar refractivity (Wildman–Crippen MR) is 80.4 cm³/mol. The molecule has 0 atom stereocenters. The van der Waals surface area contributed by atoms with Crippen molar-refractivity contribution in [1.82, 2.24) is 4.98 Å². The van der Waals surface area contributed by atoms with E-state index in [2.05, 4.69) is 9.98 Å². The zero-order chi connectivity index (χ0) is 13.1. The average molecular weight is 267 g/mol. The highest BCUT2D eigenvalue weighted by molar-refractivity contribution is 6.30. The minimum Gasteiger partial charge on any atom is -0.256 e. The number of rotatable bonds is 2. The van der Waals surface area contributed by atoms with Crippen molar-refractivity contribution in [3.63, 3.8) is 0 Å². The lowest BCUT2D eigenvalue weighted by Gasteiger charge is -2.00. The Balaban J connectivity index is 1.99. The Labute approximate surface area is 116 Å². The summed E-state index contributed by atoms with van der Waals surface area (Å²) in [6.07, 6.45) is 3.63. The molecule has 92 valence electrons. The molecule has 0 saturated carbocycles. The van der Waals surface area contributed by atoms with Gasteiger partial charge in [0.25, 0.3) is 0 Å². The highest BCUT2D eigenvalue weighted by Crippen LogP contribution is 2.18. The summed E-state index contributed by atoms with van der Waals surface area (Å²) in [6, 6.07) is 17.5. The molecule has 0 saturated heterocycles. The summed E-state index contributed by atoms with van der Waals surface area (Å²) in [5.74, 6) is 0. The predicted octanol–water partition coefficient (Wildman–Crippen LogP) is 4.64. The second-order valence-electron chi connectivity index (χ2n) is 4.16. The maximum atomic E-state index is 5.85. The Hall–Kier alpha value is -2.19. The van der Waals surface area contributed by atoms with E-state index in [0.717, 1.165) is 22.2 Å². The van der Waals surface area contributed by atoms with Crippen molar-refractivity contribution in [2.24, 2.45) is 4.99 Å². The number of fused-ring (bicyclic) bond motifs is 1. The lowest BCUT2D eigenvalue weighted by molar-refractivity contribution is 1.40. The van der Waals surface area contributed by atoms with Gasteiger partial charge >= 0.3 is 0 Å². The summed E-state index contributed by atoms with van der Waals surface area (Å²) in [4.78, 5) is 8.84. The highest BCUT2D eigenvalue weighted by Gasteiger charge is 1.98. The largest absolute Gasteiger partial charge is 0.256 e. The Morgan fingerprint density at radius 2 is 1.74 bits per heavy atom. The van der Waals surface area contributed by atoms with Crippen LogP contribution in [-0.2, 0) is 0 Å². The third kappa shape index (κ3) is 2.64. The molecule has 0 aliphatic heterocycles. The van der Waals surface area contributed by atoms with Gasteiger partial charge in [-0.15, -0.1) is 0 Å². The molecule has 1 aromatic heterocycles. The topological polar surface area (TPSA) is 25.2 Å². The Morgan fingerprint density at radius 1 is 0.947 bits per heavy atom. The van der Waals surface area contributed by atoms with Crippen LogP contribution < -0.4 is 0 Å². The quantitative estimate of drug-likeness (QED) is 0.621. The minimum atomic E-state index is 0.714. The number of para-hydroxylation sites is 1. The number of aliphatic imine (C=N–C) groups is 1. The number of hydrogen-bond acceptors (Lipinski definition) is 2. The monoisotopic (exact) mass is 266 g/mol. The molecule has 19 heavy (non-hydrogen) atoms. The molecule has 0 bridgehead atoms. The van der Waals surface area contributed by atoms with Gasteiger partial charge in [-0.25, -0.2) is 0 Å². The summed E-state index contributed by atoms with van der Waals surface area (Å²) in [5, 5.41) is 1.83. The SMILES string of the molecule is Clc1ccc(N=Cc2cccc3cccnc23)cc1. The number of nitrogens with zero attached hydrogens (tertiary/aromatic N) is 2. The van der Waals surface area contributed by atoms with Gasteiger partial charge in [-0.1, -0.05) is 35.9 Å². The maximum absolute atomic E-state index is 5.85. The van der Waals surface area contributed by atoms with Crippen LogP contribution in [0.4, 0.5) is 5.69 Å². The first-order chi connectivity index (χ1) is 9.33. The zero-order valence-electron chi connectivity index (χ0n) is 10.1. The minimum absolute atomic E-state index is 0.714. The summed E-state index contributed by atoms with van der Waals surface area (Å²) >= 11 is 5.85. The number of aromatic nitrogens is 1. The van der Waals surface area contributed by atoms with Crippen LogP contribution >= 0.6 is 11.6 Å². The van der Waals surface area contributed by atoms with Crippen LogP contribution in [-0.4, -0.2) is 11.2 Å². The van der Waals surface area contributed by atoms with Gasteiger partial charge in [0.1, 0.15) is 0 Å². The van der Waals surface area contributed by atoms with Crippen LogP contribution in [0.1, 0.15) is 5.56 Å². The Bertz CT molecular complexity index is 728. The standard InChI is InChI=1S/C16H11ClN2/c17-14-6-8-15(9-7-14)19-11-13-4-1-3-12-5-2-10-18-16(12)13/h1-11H. The molecule has 0 aliphatic rings. The van der Waals surface area contributed by atoms with Gasteiger partial charge in [0.2, 0.25) is 0 Å². The van der Waals surface area contributed by atoms with Crippen molar-refractivity contribution in [2.75, 3.05) is 0 Å². The fourth-order valence-electron chi connectivity index (χ4n) is 1.90. The summed E-state index contributed by atoms with van der Waals surface area (Å²) in [7, 11) is 0. The maximum Gasteiger partial charge on any atom is 0.0789 e. The van der Waals surface area contributed by atoms with Crippen molar-refractivity contribution >= 4 is 34.4 Å². The number of benzene rings is 2. The lowest BCUT2D eigenvalue weighted by Crippen LogP contribution is -1.86. The van der Waals surface area contributed by atoms with Crippen molar-refractivity contribution in [3.8, 4) is 0 Å². The smallest absolute Gasteiger partial charge is 0.0789 e. The van der Waals surface area contributed by atoms with Crippen LogP contribution in [0, 0.1) is 0 Å². The van der Waals surface area contributed by atoms with E-state index >= 15 is 0 Å². The second kappa shape index (κ2) is 5.21. The van der Waals surface area contributed by atoms with E-state index in [-0.39, 0.29) is 0 Å². The van der Waals surface area contributed by atoms with Crippen molar-refractivity contribution in [3.05, 3.63) is 71.4 Å². The summed E-state index contributed by atoms with van der Waals surface area (Å²) < 4.78 is 0.